The molecule has 1 atom stereocenters. The van der Waals surface area contributed by atoms with Crippen molar-refractivity contribution in [1.82, 2.24) is 10.3 Å². The summed E-state index contributed by atoms with van der Waals surface area (Å²) in [4.78, 5) is 4.44. The van der Waals surface area contributed by atoms with Crippen LogP contribution in [0.3, 0.4) is 0 Å². The summed E-state index contributed by atoms with van der Waals surface area (Å²) >= 11 is -2.35. The van der Waals surface area contributed by atoms with Gasteiger partial charge in [0.1, 0.15) is 28.5 Å². The third kappa shape index (κ3) is 4.77. The van der Waals surface area contributed by atoms with Crippen LogP contribution in [0.2, 0.25) is 0 Å². The van der Waals surface area contributed by atoms with Crippen molar-refractivity contribution in [3.63, 3.8) is 0 Å². The number of fused-ring (bicyclic) bond motifs is 2. The van der Waals surface area contributed by atoms with Crippen molar-refractivity contribution >= 4 is 44.7 Å². The van der Waals surface area contributed by atoms with Crippen LogP contribution < -0.4 is 9.62 Å². The Hall–Kier alpha value is -5.02. The van der Waals surface area contributed by atoms with Gasteiger partial charge in [0.15, 0.2) is 5.58 Å². The van der Waals surface area contributed by atoms with E-state index in [1.165, 1.54) is 41.7 Å². The SMILES string of the molecule is C=C=C(NC)c1c(-c2ccc(F)cc2)oc2cc(N(C)S(=O)O)c(-c3cccc(-c4nc5cc(F)ccc5o4)c3)cc12. The van der Waals surface area contributed by atoms with Crippen LogP contribution in [-0.2, 0) is 11.3 Å². The summed E-state index contributed by atoms with van der Waals surface area (Å²) < 4.78 is 63.1. The van der Waals surface area contributed by atoms with Crippen LogP contribution in [0.15, 0.2) is 100 Å². The lowest BCUT2D eigenvalue weighted by atomic mass is 9.96. The van der Waals surface area contributed by atoms with Crippen molar-refractivity contribution in [3.8, 4) is 33.9 Å². The number of anilines is 1. The van der Waals surface area contributed by atoms with Gasteiger partial charge in [-0.25, -0.2) is 18.0 Å². The quantitative estimate of drug-likeness (QED) is 0.147. The Morgan fingerprint density at radius 3 is 2.40 bits per heavy atom. The van der Waals surface area contributed by atoms with Crippen LogP contribution in [-0.4, -0.2) is 27.8 Å². The third-order valence-electron chi connectivity index (χ3n) is 6.93. The van der Waals surface area contributed by atoms with Gasteiger partial charge < -0.3 is 14.2 Å². The molecule has 0 aliphatic rings. The number of halogens is 2. The summed E-state index contributed by atoms with van der Waals surface area (Å²) in [6, 6.07) is 20.9. The Kier molecular flexibility index (Phi) is 6.96. The van der Waals surface area contributed by atoms with Gasteiger partial charge in [-0.05, 0) is 60.2 Å². The summed E-state index contributed by atoms with van der Waals surface area (Å²) in [5.41, 5.74) is 8.35. The zero-order valence-electron chi connectivity index (χ0n) is 22.4. The predicted octanol–water partition coefficient (Wildman–Crippen LogP) is 7.77. The van der Waals surface area contributed by atoms with Gasteiger partial charge in [-0.1, -0.05) is 18.7 Å². The minimum atomic E-state index is -2.35. The van der Waals surface area contributed by atoms with Crippen molar-refractivity contribution in [2.24, 2.45) is 0 Å². The number of aromatic nitrogens is 1. The van der Waals surface area contributed by atoms with E-state index in [4.69, 9.17) is 8.83 Å². The summed E-state index contributed by atoms with van der Waals surface area (Å²) in [5, 5.41) is 3.77. The number of benzene rings is 4. The van der Waals surface area contributed by atoms with Gasteiger partial charge in [-0.2, -0.15) is 0 Å². The average Bonchev–Trinajstić information content (AvgIpc) is 3.58. The summed E-state index contributed by atoms with van der Waals surface area (Å²) in [5.74, 6) is -0.0488. The molecule has 0 bridgehead atoms. The van der Waals surface area contributed by atoms with Gasteiger partial charge >= 0.3 is 0 Å². The maximum Gasteiger partial charge on any atom is 0.261 e. The number of rotatable bonds is 7. The second-order valence-electron chi connectivity index (χ2n) is 9.42. The van der Waals surface area contributed by atoms with E-state index in [0.29, 0.717) is 72.9 Å². The molecule has 210 valence electrons. The Morgan fingerprint density at radius 2 is 1.69 bits per heavy atom. The normalized spacial score (nSPS) is 11.9. The highest BCUT2D eigenvalue weighted by molar-refractivity contribution is 7.80. The second kappa shape index (κ2) is 10.8. The Bertz CT molecular complexity index is 2060. The largest absolute Gasteiger partial charge is 0.455 e. The molecule has 7 nitrogen and oxygen atoms in total. The number of nitrogens with one attached hydrogen (secondary N) is 1. The molecule has 42 heavy (non-hydrogen) atoms. The first-order chi connectivity index (χ1) is 20.3. The van der Waals surface area contributed by atoms with E-state index >= 15 is 0 Å². The molecule has 0 fully saturated rings. The summed E-state index contributed by atoms with van der Waals surface area (Å²) in [6.45, 7) is 3.81. The molecule has 0 amide bonds. The number of hydrogen-bond donors (Lipinski definition) is 2. The smallest absolute Gasteiger partial charge is 0.261 e. The van der Waals surface area contributed by atoms with E-state index < -0.39 is 17.1 Å². The van der Waals surface area contributed by atoms with Crippen LogP contribution in [0.4, 0.5) is 14.5 Å². The summed E-state index contributed by atoms with van der Waals surface area (Å²) in [7, 11) is 3.22. The van der Waals surface area contributed by atoms with Crippen LogP contribution in [0, 0.1) is 11.6 Å². The van der Waals surface area contributed by atoms with Crippen molar-refractivity contribution in [2.75, 3.05) is 18.4 Å². The molecular weight excluding hydrogens is 560 g/mol. The van der Waals surface area contributed by atoms with Gasteiger partial charge in [-0.3, -0.25) is 8.86 Å². The minimum Gasteiger partial charge on any atom is -0.455 e. The molecule has 0 saturated heterocycles. The molecule has 0 aliphatic carbocycles. The van der Waals surface area contributed by atoms with Crippen LogP contribution >= 0.6 is 0 Å². The lowest BCUT2D eigenvalue weighted by Gasteiger charge is -2.19. The molecule has 0 saturated carbocycles. The highest BCUT2D eigenvalue weighted by Gasteiger charge is 2.24. The third-order valence-corrected chi connectivity index (χ3v) is 7.60. The molecule has 6 rings (SSSR count). The van der Waals surface area contributed by atoms with E-state index in [2.05, 4.69) is 22.6 Å². The molecule has 4 aromatic carbocycles. The first kappa shape index (κ1) is 27.2. The van der Waals surface area contributed by atoms with E-state index in [-0.39, 0.29) is 5.82 Å². The zero-order valence-corrected chi connectivity index (χ0v) is 23.3. The lowest BCUT2D eigenvalue weighted by molar-refractivity contribution is 0.562. The molecule has 6 aromatic rings. The van der Waals surface area contributed by atoms with Gasteiger partial charge in [0, 0.05) is 48.3 Å². The Morgan fingerprint density at radius 1 is 0.952 bits per heavy atom. The number of oxazole rings is 1. The van der Waals surface area contributed by atoms with Crippen molar-refractivity contribution in [2.45, 2.75) is 0 Å². The Labute approximate surface area is 241 Å². The fourth-order valence-corrected chi connectivity index (χ4v) is 5.23. The highest BCUT2D eigenvalue weighted by atomic mass is 32.2. The monoisotopic (exact) mass is 583 g/mol. The van der Waals surface area contributed by atoms with Crippen LogP contribution in [0.1, 0.15) is 5.56 Å². The second-order valence-corrected chi connectivity index (χ2v) is 10.4. The predicted molar refractivity (Wildman–Crippen MR) is 161 cm³/mol. The molecule has 1 unspecified atom stereocenters. The fourth-order valence-electron chi connectivity index (χ4n) is 4.91. The number of nitrogens with zero attached hydrogens (tertiary/aromatic N) is 2. The van der Waals surface area contributed by atoms with Crippen molar-refractivity contribution in [1.29, 1.82) is 0 Å². The molecule has 0 spiro atoms. The van der Waals surface area contributed by atoms with Crippen molar-refractivity contribution in [3.05, 3.63) is 108 Å². The maximum absolute atomic E-state index is 13.7. The van der Waals surface area contributed by atoms with E-state index in [1.807, 2.05) is 30.3 Å². The Balaban J connectivity index is 1.60. The first-order valence-electron chi connectivity index (χ1n) is 12.7. The molecule has 2 heterocycles. The van der Waals surface area contributed by atoms with Crippen molar-refractivity contribution < 1.29 is 26.4 Å². The number of furan rings is 1. The fraction of sp³-hybridized carbons (Fsp3) is 0.0625. The van der Waals surface area contributed by atoms with E-state index in [9.17, 15) is 17.5 Å². The zero-order chi connectivity index (χ0) is 29.5. The molecule has 2 N–H and O–H groups in total. The average molecular weight is 584 g/mol. The number of hydrogen-bond acceptors (Lipinski definition) is 5. The molecule has 2 aromatic heterocycles. The topological polar surface area (TPSA) is 91.7 Å². The lowest BCUT2D eigenvalue weighted by Crippen LogP contribution is -2.19. The summed E-state index contributed by atoms with van der Waals surface area (Å²) in [6.07, 6.45) is 0. The van der Waals surface area contributed by atoms with Gasteiger partial charge in [0.05, 0.1) is 16.9 Å². The molecule has 0 radical (unpaired) electrons. The highest BCUT2D eigenvalue weighted by Crippen LogP contribution is 2.43. The maximum atomic E-state index is 13.7. The van der Waals surface area contributed by atoms with Crippen LogP contribution in [0.25, 0.3) is 61.7 Å². The van der Waals surface area contributed by atoms with E-state index in [0.717, 1.165) is 0 Å². The van der Waals surface area contributed by atoms with Gasteiger partial charge in [0.25, 0.3) is 11.3 Å². The minimum absolute atomic E-state index is 0.300. The van der Waals surface area contributed by atoms with E-state index in [1.54, 1.807) is 25.2 Å². The molecule has 0 aliphatic heterocycles. The first-order valence-corrected chi connectivity index (χ1v) is 13.8. The van der Waals surface area contributed by atoms with Gasteiger partial charge in [-0.15, -0.1) is 5.73 Å². The molecule has 10 heteroatoms. The van der Waals surface area contributed by atoms with Crippen LogP contribution in [0.5, 0.6) is 0 Å². The molecular formula is C32H23F2N3O4S. The van der Waals surface area contributed by atoms with Gasteiger partial charge in [0.2, 0.25) is 5.89 Å². The standard InChI is InChI=1S/C32H23F2N3O4S/c1-4-25(35-2)30-24-16-23(19-6-5-7-20(14-19)32-36-26-15-22(34)12-13-28(26)41-32)27(37(3)42(38)39)17-29(24)40-31(30)18-8-10-21(33)11-9-18/h5-17,35H,1H2,2-3H3,(H,38,39).